The Morgan fingerprint density at radius 3 is 3.00 bits per heavy atom. The fourth-order valence-corrected chi connectivity index (χ4v) is 4.59. The van der Waals surface area contributed by atoms with Crippen LogP contribution in [0.4, 0.5) is 8.78 Å². The molecule has 5 atom stereocenters. The summed E-state index contributed by atoms with van der Waals surface area (Å²) >= 11 is 4.82. The number of rotatable bonds is 4. The van der Waals surface area contributed by atoms with Gasteiger partial charge < -0.3 is 19.5 Å². The van der Waals surface area contributed by atoms with Crippen LogP contribution in [0.3, 0.4) is 0 Å². The third kappa shape index (κ3) is 3.98. The normalized spacial score (nSPS) is 35.3. The zero-order valence-corrected chi connectivity index (χ0v) is 17.5. The molecule has 14 heteroatoms. The highest BCUT2D eigenvalue weighted by molar-refractivity contribution is 7.71. The highest BCUT2D eigenvalue weighted by Crippen LogP contribution is 2.56. The van der Waals surface area contributed by atoms with Gasteiger partial charge in [-0.3, -0.25) is 23.4 Å². The number of hydrogen-bond donors (Lipinski definition) is 3. The first kappa shape index (κ1) is 20.9. The van der Waals surface area contributed by atoms with Crippen molar-refractivity contribution in [2.24, 2.45) is 0 Å². The molecule has 31 heavy (non-hydrogen) atoms. The summed E-state index contributed by atoms with van der Waals surface area (Å²) in [7, 11) is -4.36. The lowest BCUT2D eigenvalue weighted by Gasteiger charge is -2.29. The van der Waals surface area contributed by atoms with E-state index in [9.17, 15) is 24.0 Å². The van der Waals surface area contributed by atoms with Gasteiger partial charge >= 0.3 is 7.82 Å². The number of hydrogen-bond acceptors (Lipinski definition) is 9. The van der Waals surface area contributed by atoms with Gasteiger partial charge in [-0.1, -0.05) is 18.2 Å². The number of aryl methyl sites for hydroxylation is 1. The number of fused-ring (bicyclic) bond motifs is 1. The Balaban J connectivity index is 1.58. The highest BCUT2D eigenvalue weighted by Gasteiger charge is 2.57. The predicted octanol–water partition coefficient (Wildman–Crippen LogP) is 2.00. The van der Waals surface area contributed by atoms with E-state index in [-0.39, 0.29) is 12.4 Å². The second kappa shape index (κ2) is 7.85. The lowest BCUT2D eigenvalue weighted by molar-refractivity contribution is -0.205. The van der Waals surface area contributed by atoms with Gasteiger partial charge in [-0.05, 0) is 24.7 Å². The second-order valence-corrected chi connectivity index (χ2v) is 8.85. The third-order valence-corrected chi connectivity index (χ3v) is 6.29. The van der Waals surface area contributed by atoms with Crippen LogP contribution in [0.5, 0.6) is 5.75 Å². The van der Waals surface area contributed by atoms with Gasteiger partial charge in [-0.2, -0.15) is 4.39 Å². The first-order valence-electron chi connectivity index (χ1n) is 9.33. The molecule has 1 saturated heterocycles. The van der Waals surface area contributed by atoms with E-state index in [1.807, 2.05) is 4.98 Å². The minimum absolute atomic E-state index is 0.159. The van der Waals surface area contributed by atoms with E-state index in [1.165, 1.54) is 0 Å². The van der Waals surface area contributed by atoms with Crippen molar-refractivity contribution < 1.29 is 43.2 Å². The van der Waals surface area contributed by atoms with Crippen molar-refractivity contribution in [2.45, 2.75) is 37.8 Å². The standard InChI is InChI=1S/C17H17F2N2O8PS/c1-8-3-2-4-9-6-26-30(25,29-12(8)9)27-7-17(19)13(23)11(22)15(28-17)21-5-10(18)14(24)20-16(21)31/h2-5,11,13,15,22-23H,6-7H2,1H3,(H,20,24,31)/t11-,13+,15-,17-,30?/m1/s1/i15D. The Bertz CT molecular complexity index is 1240. The van der Waals surface area contributed by atoms with Crippen molar-refractivity contribution in [1.82, 2.24) is 9.55 Å². The smallest absolute Gasteiger partial charge is 0.403 e. The molecule has 0 amide bonds. The topological polar surface area (TPSA) is 132 Å². The number of ether oxygens (including phenoxy) is 1. The summed E-state index contributed by atoms with van der Waals surface area (Å²) in [5.41, 5.74) is -0.00272. The van der Waals surface area contributed by atoms with Crippen molar-refractivity contribution >= 4 is 20.0 Å². The number of H-pyrrole nitrogens is 1. The van der Waals surface area contributed by atoms with Gasteiger partial charge in [0.1, 0.15) is 24.6 Å². The molecule has 0 spiro atoms. The van der Waals surface area contributed by atoms with Crippen LogP contribution in [-0.4, -0.2) is 44.4 Å². The second-order valence-electron chi connectivity index (χ2n) is 6.87. The van der Waals surface area contributed by atoms with Crippen LogP contribution in [0.25, 0.3) is 0 Å². The first-order chi connectivity index (χ1) is 14.9. The quantitative estimate of drug-likeness (QED) is 0.445. The molecule has 0 saturated carbocycles. The molecule has 0 bridgehead atoms. The molecule has 0 radical (unpaired) electrons. The van der Waals surface area contributed by atoms with Gasteiger partial charge in [0, 0.05) is 5.56 Å². The van der Waals surface area contributed by atoms with E-state index >= 15 is 4.39 Å². The maximum Gasteiger partial charge on any atom is 0.530 e. The summed E-state index contributed by atoms with van der Waals surface area (Å²) in [5, 5.41) is 20.5. The zero-order valence-electron chi connectivity index (χ0n) is 16.8. The van der Waals surface area contributed by atoms with Crippen LogP contribution in [0.1, 0.15) is 18.7 Å². The Kier molecular flexibility index (Phi) is 5.29. The van der Waals surface area contributed by atoms with Crippen LogP contribution >= 0.6 is 20.0 Å². The monoisotopic (exact) mass is 479 g/mol. The number of halogens is 2. The molecule has 2 aliphatic rings. The minimum atomic E-state index is -4.36. The minimum Gasteiger partial charge on any atom is -0.403 e. The van der Waals surface area contributed by atoms with Crippen LogP contribution in [-0.2, 0) is 25.0 Å². The SMILES string of the molecule is [2H][C@@]1(n2cc(F)c(=O)[nH]c2=S)O[C@](F)(COP2(=O)OCc3cccc(C)c3O2)[C@@H](O)[C@H]1O. The maximum atomic E-state index is 15.4. The van der Waals surface area contributed by atoms with Crippen LogP contribution in [0.15, 0.2) is 29.2 Å². The van der Waals surface area contributed by atoms with E-state index in [2.05, 4.69) is 0 Å². The van der Waals surface area contributed by atoms with Gasteiger partial charge in [0.2, 0.25) is 5.82 Å². The van der Waals surface area contributed by atoms with E-state index in [1.54, 1.807) is 25.1 Å². The highest BCUT2D eigenvalue weighted by atomic mass is 32.1. The van der Waals surface area contributed by atoms with Gasteiger partial charge in [-0.15, -0.1) is 0 Å². The number of phosphoric ester groups is 1. The summed E-state index contributed by atoms with van der Waals surface area (Å²) in [6.07, 6.45) is -7.20. The summed E-state index contributed by atoms with van der Waals surface area (Å²) in [4.78, 5) is 13.2. The lowest BCUT2D eigenvalue weighted by atomic mass is 10.1. The predicted molar refractivity (Wildman–Crippen MR) is 102 cm³/mol. The summed E-state index contributed by atoms with van der Waals surface area (Å²) in [6.45, 7) is 0.240. The molecule has 4 rings (SSSR count). The Hall–Kier alpha value is -1.99. The van der Waals surface area contributed by atoms with Crippen molar-refractivity contribution in [3.05, 3.63) is 56.5 Å². The van der Waals surface area contributed by atoms with Crippen molar-refractivity contribution in [2.75, 3.05) is 6.61 Å². The zero-order chi connectivity index (χ0) is 23.5. The van der Waals surface area contributed by atoms with Gasteiger partial charge in [0.05, 0.1) is 14.2 Å². The fraction of sp³-hybridized carbons (Fsp3) is 0.412. The van der Waals surface area contributed by atoms with Crippen molar-refractivity contribution in [3.63, 3.8) is 0 Å². The van der Waals surface area contributed by atoms with E-state index in [4.69, 9.17) is 31.9 Å². The Morgan fingerprint density at radius 2 is 2.26 bits per heavy atom. The number of aromatic nitrogens is 2. The van der Waals surface area contributed by atoms with Crippen LogP contribution in [0.2, 0.25) is 0 Å². The Labute approximate surface area is 180 Å². The first-order valence-corrected chi connectivity index (χ1v) is 10.7. The molecule has 0 aliphatic carbocycles. The number of aliphatic hydroxyl groups excluding tert-OH is 2. The molecule has 2 aromatic rings. The number of aliphatic hydroxyl groups is 2. The number of benzene rings is 1. The molecule has 168 valence electrons. The number of aromatic amines is 1. The molecule has 3 N–H and O–H groups in total. The molecule has 1 fully saturated rings. The number of alkyl halides is 1. The van der Waals surface area contributed by atoms with Crippen LogP contribution in [0, 0.1) is 17.5 Å². The molecular weight excluding hydrogens is 461 g/mol. The van der Waals surface area contributed by atoms with Crippen LogP contribution < -0.4 is 10.1 Å². The average Bonchev–Trinajstić information content (AvgIpc) is 2.91. The fourth-order valence-electron chi connectivity index (χ4n) is 3.06. The lowest BCUT2D eigenvalue weighted by Crippen LogP contribution is -2.43. The molecular formula is C17H17F2N2O8PS. The molecule has 2 aliphatic heterocycles. The molecule has 1 aromatic heterocycles. The Morgan fingerprint density at radius 1 is 1.52 bits per heavy atom. The van der Waals surface area contributed by atoms with Gasteiger partial charge in [0.25, 0.3) is 11.4 Å². The number of phosphoric acid groups is 1. The molecule has 1 aromatic carbocycles. The molecule has 10 nitrogen and oxygen atoms in total. The van der Waals surface area contributed by atoms with Gasteiger partial charge in [0.15, 0.2) is 11.0 Å². The summed E-state index contributed by atoms with van der Waals surface area (Å²) < 4.78 is 70.3. The van der Waals surface area contributed by atoms with E-state index in [0.29, 0.717) is 21.9 Å². The number of nitrogens with zero attached hydrogens (tertiary/aromatic N) is 1. The number of nitrogens with one attached hydrogen (secondary N) is 1. The van der Waals surface area contributed by atoms with E-state index in [0.717, 1.165) is 0 Å². The van der Waals surface area contributed by atoms with Gasteiger partial charge in [-0.25, -0.2) is 8.96 Å². The third-order valence-electron chi connectivity index (χ3n) is 4.70. The maximum absolute atomic E-state index is 15.4. The molecule has 1 unspecified atom stereocenters. The van der Waals surface area contributed by atoms with Crippen molar-refractivity contribution in [3.8, 4) is 5.75 Å². The van der Waals surface area contributed by atoms with Crippen molar-refractivity contribution in [1.29, 1.82) is 0 Å². The summed E-state index contributed by atoms with van der Waals surface area (Å²) in [6, 6.07) is 5.09. The molecule has 3 heterocycles. The average molecular weight is 479 g/mol. The number of para-hydroxylation sites is 1. The largest absolute Gasteiger partial charge is 0.530 e. The summed E-state index contributed by atoms with van der Waals surface area (Å²) in [5.74, 6) is -4.48. The van der Waals surface area contributed by atoms with E-state index < -0.39 is 54.8 Å².